The number of anilines is 2. The topological polar surface area (TPSA) is 99.6 Å². The highest BCUT2D eigenvalue weighted by atomic mass is 14.6. The molecule has 94 valence electrons. The predicted molar refractivity (Wildman–Crippen MR) is 77.9 cm³/mol. The van der Waals surface area contributed by atoms with Crippen molar-refractivity contribution >= 4 is 11.4 Å². The summed E-state index contributed by atoms with van der Waals surface area (Å²) in [6, 6.07) is 14.9. The molecule has 0 saturated carbocycles. The summed E-state index contributed by atoms with van der Waals surface area (Å²) in [5.74, 6) is 0. The normalized spacial score (nSPS) is 10.3. The summed E-state index contributed by atoms with van der Waals surface area (Å²) in [5.41, 5.74) is 17.1. The number of nitrogens with zero attached hydrogens (tertiary/aromatic N) is 2. The molecule has 0 aromatic rings. The Hall–Kier alpha value is -3.24. The molecule has 0 aliphatic heterocycles. The van der Waals surface area contributed by atoms with E-state index in [-0.39, 0.29) is 0 Å². The predicted octanol–water partition coefficient (Wildman–Crippen LogP) is 2.80. The lowest BCUT2D eigenvalue weighted by Gasteiger charge is -2.22. The molecule has 3 aliphatic rings. The zero-order valence-electron chi connectivity index (χ0n) is 10.5. The molecule has 0 bridgehead atoms. The molecule has 0 aromatic carbocycles. The molecule has 0 saturated heterocycles. The van der Waals surface area contributed by atoms with Gasteiger partial charge in [0.25, 0.3) is 0 Å². The quantitative estimate of drug-likeness (QED) is 0.647. The van der Waals surface area contributed by atoms with Crippen LogP contribution in [0, 0.1) is 22.7 Å². The fourth-order valence-corrected chi connectivity index (χ4v) is 2.51. The number of nitrogen functional groups attached to an aromatic ring is 2. The molecule has 0 spiro atoms. The summed E-state index contributed by atoms with van der Waals surface area (Å²) >= 11 is 0. The third-order valence-corrected chi connectivity index (χ3v) is 3.42. The largest absolute Gasteiger partial charge is 0.398 e. The van der Waals surface area contributed by atoms with Gasteiger partial charge in [0.15, 0.2) is 0 Å². The van der Waals surface area contributed by atoms with Crippen LogP contribution in [-0.4, -0.2) is 0 Å². The van der Waals surface area contributed by atoms with Gasteiger partial charge in [-0.2, -0.15) is 10.5 Å². The Kier molecular flexibility index (Phi) is 2.45. The highest BCUT2D eigenvalue weighted by molar-refractivity contribution is 6.09. The SMILES string of the molecule is N#Cc1cc2c3c(C#N)ccccc-3c-2c(N)cc1N. The van der Waals surface area contributed by atoms with E-state index in [0.717, 1.165) is 22.3 Å². The Balaban J connectivity index is 2.51. The monoisotopic (exact) mass is 258 g/mol. The molecule has 4 nitrogen and oxygen atoms in total. The van der Waals surface area contributed by atoms with Gasteiger partial charge in [0.2, 0.25) is 0 Å². The number of rotatable bonds is 0. The Morgan fingerprint density at radius 2 is 1.45 bits per heavy atom. The van der Waals surface area contributed by atoms with Gasteiger partial charge in [0.1, 0.15) is 6.07 Å². The Morgan fingerprint density at radius 1 is 0.750 bits per heavy atom. The molecular weight excluding hydrogens is 248 g/mol. The van der Waals surface area contributed by atoms with Crippen LogP contribution in [0.5, 0.6) is 0 Å². The van der Waals surface area contributed by atoms with Crippen molar-refractivity contribution in [3.8, 4) is 34.4 Å². The first-order valence-corrected chi connectivity index (χ1v) is 6.01. The van der Waals surface area contributed by atoms with E-state index in [1.165, 1.54) is 0 Å². The van der Waals surface area contributed by atoms with Crippen LogP contribution in [0.15, 0.2) is 36.4 Å². The van der Waals surface area contributed by atoms with Crippen molar-refractivity contribution in [2.75, 3.05) is 11.5 Å². The van der Waals surface area contributed by atoms with Crippen molar-refractivity contribution in [2.45, 2.75) is 0 Å². The molecule has 0 aromatic heterocycles. The first kappa shape index (κ1) is 11.8. The highest BCUT2D eigenvalue weighted by Gasteiger charge is 2.27. The fourth-order valence-electron chi connectivity index (χ4n) is 2.51. The van der Waals surface area contributed by atoms with Crippen molar-refractivity contribution in [3.05, 3.63) is 47.5 Å². The van der Waals surface area contributed by atoms with Crippen LogP contribution in [0.25, 0.3) is 22.3 Å². The van der Waals surface area contributed by atoms with E-state index in [1.54, 1.807) is 18.2 Å². The average molecular weight is 258 g/mol. The van der Waals surface area contributed by atoms with Crippen LogP contribution in [0.2, 0.25) is 0 Å². The van der Waals surface area contributed by atoms with Gasteiger partial charge in [-0.15, -0.1) is 0 Å². The van der Waals surface area contributed by atoms with Gasteiger partial charge in [-0.25, -0.2) is 0 Å². The standard InChI is InChI=1S/C16H10N4/c17-7-9-3-1-2-4-11-15(9)12-5-10(8-18)13(19)6-14(20)16(11)12/h1-6H,19-20H2. The summed E-state index contributed by atoms with van der Waals surface area (Å²) < 4.78 is 0. The van der Waals surface area contributed by atoms with Crippen LogP contribution in [-0.2, 0) is 0 Å². The molecule has 4 heteroatoms. The second-order valence-electron chi connectivity index (χ2n) is 4.55. The number of nitriles is 2. The lowest BCUT2D eigenvalue weighted by Crippen LogP contribution is -2.01. The molecule has 0 radical (unpaired) electrons. The van der Waals surface area contributed by atoms with Crippen molar-refractivity contribution < 1.29 is 0 Å². The van der Waals surface area contributed by atoms with E-state index in [4.69, 9.17) is 16.7 Å². The van der Waals surface area contributed by atoms with Gasteiger partial charge in [-0.3, -0.25) is 0 Å². The van der Waals surface area contributed by atoms with Gasteiger partial charge in [0, 0.05) is 16.8 Å². The van der Waals surface area contributed by atoms with E-state index in [1.807, 2.05) is 18.2 Å². The molecule has 4 N–H and O–H groups in total. The van der Waals surface area contributed by atoms with E-state index < -0.39 is 0 Å². The van der Waals surface area contributed by atoms with Crippen LogP contribution in [0.1, 0.15) is 11.1 Å². The van der Waals surface area contributed by atoms with Gasteiger partial charge >= 0.3 is 0 Å². The van der Waals surface area contributed by atoms with Gasteiger partial charge < -0.3 is 11.5 Å². The first-order chi connectivity index (χ1) is 9.67. The van der Waals surface area contributed by atoms with Gasteiger partial charge in [-0.05, 0) is 29.3 Å². The van der Waals surface area contributed by atoms with E-state index in [2.05, 4.69) is 12.1 Å². The Bertz CT molecular complexity index is 852. The zero-order valence-corrected chi connectivity index (χ0v) is 10.5. The lowest BCUT2D eigenvalue weighted by molar-refractivity contribution is 1.47. The Morgan fingerprint density at radius 3 is 2.15 bits per heavy atom. The van der Waals surface area contributed by atoms with Crippen LogP contribution in [0.3, 0.4) is 0 Å². The summed E-state index contributed by atoms with van der Waals surface area (Å²) in [6.07, 6.45) is 0. The molecule has 0 unspecified atom stereocenters. The van der Waals surface area contributed by atoms with Gasteiger partial charge in [-0.1, -0.05) is 18.2 Å². The molecule has 3 rings (SSSR count). The van der Waals surface area contributed by atoms with Crippen molar-refractivity contribution in [2.24, 2.45) is 0 Å². The average Bonchev–Trinajstić information content (AvgIpc) is 2.64. The minimum atomic E-state index is 0.341. The number of hydrogen-bond acceptors (Lipinski definition) is 4. The maximum atomic E-state index is 9.26. The summed E-state index contributed by atoms with van der Waals surface area (Å²) in [4.78, 5) is 0. The van der Waals surface area contributed by atoms with Crippen molar-refractivity contribution in [1.82, 2.24) is 0 Å². The van der Waals surface area contributed by atoms with Crippen molar-refractivity contribution in [1.29, 1.82) is 10.5 Å². The zero-order chi connectivity index (χ0) is 14.3. The molecule has 0 fully saturated rings. The maximum Gasteiger partial charge on any atom is 0.101 e. The minimum Gasteiger partial charge on any atom is -0.398 e. The van der Waals surface area contributed by atoms with E-state index >= 15 is 0 Å². The molecular formula is C16H10N4. The summed E-state index contributed by atoms with van der Waals surface area (Å²) in [5, 5.41) is 18.4. The lowest BCUT2D eigenvalue weighted by atomic mass is 9.80. The van der Waals surface area contributed by atoms with Crippen LogP contribution in [0.4, 0.5) is 11.4 Å². The van der Waals surface area contributed by atoms with Gasteiger partial charge in [0.05, 0.1) is 22.9 Å². The van der Waals surface area contributed by atoms with Crippen molar-refractivity contribution in [3.63, 3.8) is 0 Å². The molecule has 0 amide bonds. The van der Waals surface area contributed by atoms with E-state index in [0.29, 0.717) is 22.5 Å². The van der Waals surface area contributed by atoms with Crippen LogP contribution >= 0.6 is 0 Å². The number of nitrogens with two attached hydrogens (primary N) is 2. The molecule has 20 heavy (non-hydrogen) atoms. The highest BCUT2D eigenvalue weighted by Crippen LogP contribution is 2.51. The Labute approximate surface area is 116 Å². The smallest absolute Gasteiger partial charge is 0.101 e. The summed E-state index contributed by atoms with van der Waals surface area (Å²) in [6.45, 7) is 0. The molecule has 3 aliphatic carbocycles. The van der Waals surface area contributed by atoms with Crippen LogP contribution < -0.4 is 11.5 Å². The minimum absolute atomic E-state index is 0.341. The molecule has 0 heterocycles. The third-order valence-electron chi connectivity index (χ3n) is 3.42. The van der Waals surface area contributed by atoms with E-state index in [9.17, 15) is 5.26 Å². The molecule has 0 atom stereocenters. The fraction of sp³-hybridized carbons (Fsp3) is 0. The number of hydrogen-bond donors (Lipinski definition) is 2. The number of fused-ring (bicyclic) bond motifs is 4. The first-order valence-electron chi connectivity index (χ1n) is 6.01. The summed E-state index contributed by atoms with van der Waals surface area (Å²) in [7, 11) is 0. The second-order valence-corrected chi connectivity index (χ2v) is 4.55. The maximum absolute atomic E-state index is 9.26. The third kappa shape index (κ3) is 1.46. The second kappa shape index (κ2) is 4.15.